The fourth-order valence-corrected chi connectivity index (χ4v) is 0. The Bertz CT molecular complexity index is 97.3. The molecule has 0 bridgehead atoms. The standard InChI is InChI=1S/6CHN.Fe.Na.H/c6*1-2;;;/h6*1H;;;. The quantitative estimate of drug-likeness (QED) is 0.554. The molecule has 0 aromatic heterocycles. The zero-order valence-corrected chi connectivity index (χ0v) is 7.61. The second-order valence-corrected chi connectivity index (χ2v) is 0. The molecule has 0 rings (SSSR count). The van der Waals surface area contributed by atoms with Crippen LogP contribution in [0.2, 0.25) is 0 Å². The van der Waals surface area contributed by atoms with Crippen LogP contribution in [-0.4, -0.2) is 29.6 Å². The maximum atomic E-state index is 6.50. The number of rotatable bonds is 0. The summed E-state index contributed by atoms with van der Waals surface area (Å²) in [5.41, 5.74) is 0. The summed E-state index contributed by atoms with van der Waals surface area (Å²) in [6, 6.07) is 0. The molecule has 0 aromatic rings. The van der Waals surface area contributed by atoms with Gasteiger partial charge in [-0.2, -0.15) is 0 Å². The monoisotopic (exact) mass is 242 g/mol. The molecule has 0 heterocycles. The Kier molecular flexibility index (Phi) is 3100. The van der Waals surface area contributed by atoms with Gasteiger partial charge >= 0.3 is 29.6 Å². The molecule has 0 atom stereocenters. The van der Waals surface area contributed by atoms with Gasteiger partial charge in [0.05, 0.1) is 0 Å². The molecule has 0 N–H and O–H groups in total. The van der Waals surface area contributed by atoms with E-state index in [2.05, 4.69) is 39.4 Å². The van der Waals surface area contributed by atoms with E-state index in [4.69, 9.17) is 31.6 Å². The van der Waals surface area contributed by atoms with Crippen molar-refractivity contribution in [1.29, 1.82) is 31.6 Å². The van der Waals surface area contributed by atoms with Gasteiger partial charge in [-0.25, -0.2) is 31.6 Å². The van der Waals surface area contributed by atoms with E-state index >= 15 is 0 Å². The summed E-state index contributed by atoms with van der Waals surface area (Å²) in [5, 5.41) is 39.0. The molecule has 6 nitrogen and oxygen atoms in total. The molecule has 0 saturated carbocycles. The minimum absolute atomic E-state index is 0. The first-order chi connectivity index (χ1) is 6.00. The van der Waals surface area contributed by atoms with Gasteiger partial charge in [0.15, 0.2) is 0 Å². The Hall–Kier alpha value is -1.54. The summed E-state index contributed by atoms with van der Waals surface area (Å²) in [7, 11) is 0. The summed E-state index contributed by atoms with van der Waals surface area (Å²) >= 11 is 0. The third-order valence-corrected chi connectivity index (χ3v) is 0. The summed E-state index contributed by atoms with van der Waals surface area (Å²) in [6.07, 6.45) is 0. The van der Waals surface area contributed by atoms with Crippen LogP contribution in [-0.2, 0) is 17.1 Å². The van der Waals surface area contributed by atoms with Crippen LogP contribution >= 0.6 is 0 Å². The van der Waals surface area contributed by atoms with Crippen LogP contribution < -0.4 is 0 Å². The van der Waals surface area contributed by atoms with Crippen LogP contribution in [0.3, 0.4) is 0 Å². The molecule has 0 amide bonds. The van der Waals surface area contributed by atoms with E-state index in [-0.39, 0.29) is 46.6 Å². The molecule has 0 spiro atoms. The Morgan fingerprint density at radius 3 is 0.357 bits per heavy atom. The molecule has 0 aliphatic rings. The van der Waals surface area contributed by atoms with Gasteiger partial charge in [-0.3, -0.25) is 0 Å². The van der Waals surface area contributed by atoms with Crippen LogP contribution in [0.15, 0.2) is 0 Å². The van der Waals surface area contributed by atoms with E-state index in [1.165, 1.54) is 0 Å². The van der Waals surface area contributed by atoms with Crippen molar-refractivity contribution in [3.8, 4) is 39.4 Å². The van der Waals surface area contributed by atoms with Gasteiger partial charge in [0.1, 0.15) is 0 Å². The zero-order chi connectivity index (χ0) is 12.0. The van der Waals surface area contributed by atoms with Crippen LogP contribution in [0, 0.1) is 71.0 Å². The van der Waals surface area contributed by atoms with Crippen molar-refractivity contribution < 1.29 is 17.1 Å². The van der Waals surface area contributed by atoms with Gasteiger partial charge in [0, 0.05) is 56.5 Å². The molecular formula is C6H7FeN6Na. The molecule has 0 fully saturated rings. The fraction of sp³-hybridized carbons (Fsp3) is 0. The predicted octanol–water partition coefficient (Wildman–Crippen LogP) is 0.188. The Morgan fingerprint density at radius 1 is 0.357 bits per heavy atom. The van der Waals surface area contributed by atoms with Gasteiger partial charge in [-0.15, -0.1) is 0 Å². The number of nitrogens with zero attached hydrogens (tertiary/aromatic N) is 6. The molecule has 0 unspecified atom stereocenters. The average Bonchev–Trinajstić information content (AvgIpc) is 2.33. The first-order valence-electron chi connectivity index (χ1n) is 1.55. The van der Waals surface area contributed by atoms with Crippen molar-refractivity contribution in [2.75, 3.05) is 0 Å². The molecule has 70 valence electrons. The number of hydrogen-bond donors (Lipinski definition) is 0. The fourth-order valence-electron chi connectivity index (χ4n) is 0. The van der Waals surface area contributed by atoms with E-state index in [1.807, 2.05) is 0 Å². The second-order valence-electron chi connectivity index (χ2n) is 0. The van der Waals surface area contributed by atoms with E-state index < -0.39 is 0 Å². The Morgan fingerprint density at radius 2 is 0.357 bits per heavy atom. The SMILES string of the molecule is C#N.C#N.C#N.C#N.C#N.C#N.[Fe].[NaH]. The summed E-state index contributed by atoms with van der Waals surface area (Å²) in [5.74, 6) is 0. The van der Waals surface area contributed by atoms with Gasteiger partial charge in [0.25, 0.3) is 0 Å². The molecule has 0 saturated heterocycles. The first kappa shape index (κ1) is 82.3. The molecule has 8 heteroatoms. The van der Waals surface area contributed by atoms with Gasteiger partial charge in [-0.1, -0.05) is 0 Å². The first-order valence-corrected chi connectivity index (χ1v) is 1.55. The molecular weight excluding hydrogens is 235 g/mol. The van der Waals surface area contributed by atoms with E-state index in [0.29, 0.717) is 0 Å². The van der Waals surface area contributed by atoms with Crippen molar-refractivity contribution >= 4 is 29.6 Å². The van der Waals surface area contributed by atoms with Gasteiger partial charge in [-0.05, 0) is 0 Å². The Balaban J connectivity index is -0.00000000500. The van der Waals surface area contributed by atoms with Crippen molar-refractivity contribution in [2.24, 2.45) is 0 Å². The van der Waals surface area contributed by atoms with E-state index in [9.17, 15) is 0 Å². The van der Waals surface area contributed by atoms with Gasteiger partial charge < -0.3 is 0 Å². The summed E-state index contributed by atoms with van der Waals surface area (Å²) in [6.45, 7) is 21.0. The molecule has 0 radical (unpaired) electrons. The topological polar surface area (TPSA) is 143 Å². The third-order valence-electron chi connectivity index (χ3n) is 0. The van der Waals surface area contributed by atoms with Crippen LogP contribution in [0.1, 0.15) is 0 Å². The van der Waals surface area contributed by atoms with E-state index in [0.717, 1.165) is 0 Å². The van der Waals surface area contributed by atoms with Crippen LogP contribution in [0.4, 0.5) is 0 Å². The van der Waals surface area contributed by atoms with Crippen molar-refractivity contribution in [3.05, 3.63) is 0 Å². The third kappa shape index (κ3) is 394. The van der Waals surface area contributed by atoms with Crippen molar-refractivity contribution in [2.45, 2.75) is 0 Å². The van der Waals surface area contributed by atoms with Crippen molar-refractivity contribution in [1.82, 2.24) is 0 Å². The molecule has 0 aliphatic heterocycles. The van der Waals surface area contributed by atoms with Gasteiger partial charge in [0.2, 0.25) is 0 Å². The van der Waals surface area contributed by atoms with E-state index in [1.54, 1.807) is 0 Å². The van der Waals surface area contributed by atoms with Crippen LogP contribution in [0.25, 0.3) is 0 Å². The molecule has 0 aliphatic carbocycles. The summed E-state index contributed by atoms with van der Waals surface area (Å²) < 4.78 is 0. The Labute approximate surface area is 117 Å². The second kappa shape index (κ2) is 528. The van der Waals surface area contributed by atoms with Crippen LogP contribution in [0.5, 0.6) is 0 Å². The number of hydrogen-bond acceptors (Lipinski definition) is 6. The molecule has 14 heavy (non-hydrogen) atoms. The predicted molar refractivity (Wildman–Crippen MR) is 47.2 cm³/mol. The zero-order valence-electron chi connectivity index (χ0n) is 6.50. The summed E-state index contributed by atoms with van der Waals surface area (Å²) in [4.78, 5) is 0. The average molecular weight is 242 g/mol. The maximum absolute atomic E-state index is 6.50. The molecule has 0 aromatic carbocycles. The minimum atomic E-state index is 0. The normalized spacial score (nSPS) is 0.857. The number of nitriles is 6. The van der Waals surface area contributed by atoms with Crippen molar-refractivity contribution in [3.63, 3.8) is 0 Å².